The minimum absolute atomic E-state index is 0.00118. The van der Waals surface area contributed by atoms with Crippen LogP contribution in [0.3, 0.4) is 0 Å². The zero-order valence-corrected chi connectivity index (χ0v) is 10.1. The number of aromatic nitrogens is 3. The maximum atomic E-state index is 11.9. The first-order chi connectivity index (χ1) is 9.08. The van der Waals surface area contributed by atoms with Crippen molar-refractivity contribution in [2.24, 2.45) is 0 Å². The summed E-state index contributed by atoms with van der Waals surface area (Å²) in [5, 5.41) is 14.5. The van der Waals surface area contributed by atoms with Crippen LogP contribution in [-0.4, -0.2) is 33.0 Å². The van der Waals surface area contributed by atoms with Gasteiger partial charge in [-0.25, -0.2) is 0 Å². The van der Waals surface area contributed by atoms with Crippen molar-refractivity contribution in [3.63, 3.8) is 0 Å². The zero-order chi connectivity index (χ0) is 13.8. The molecule has 19 heavy (non-hydrogen) atoms. The fourth-order valence-corrected chi connectivity index (χ4v) is 1.38. The van der Waals surface area contributed by atoms with E-state index >= 15 is 0 Å². The summed E-state index contributed by atoms with van der Waals surface area (Å²) in [4.78, 5) is 23.4. The molecule has 98 valence electrons. The van der Waals surface area contributed by atoms with E-state index in [9.17, 15) is 9.90 Å². The van der Waals surface area contributed by atoms with Crippen molar-refractivity contribution >= 4 is 23.8 Å². The number of hydrogen-bond donors (Lipinski definition) is 4. The number of aromatic hydroxyl groups is 1. The second-order valence-corrected chi connectivity index (χ2v) is 3.60. The van der Waals surface area contributed by atoms with E-state index < -0.39 is 5.91 Å². The number of carbonyl (C=O) groups excluding carboxylic acids is 1. The van der Waals surface area contributed by atoms with Gasteiger partial charge in [0.2, 0.25) is 17.8 Å². The fourth-order valence-electron chi connectivity index (χ4n) is 1.38. The van der Waals surface area contributed by atoms with Gasteiger partial charge in [-0.15, -0.1) is 0 Å². The Morgan fingerprint density at radius 3 is 2.68 bits per heavy atom. The maximum absolute atomic E-state index is 11.9. The SMILES string of the molecule is CNc1nc(N)nc(NC(=O)c2cccc(O)c2)n1. The minimum atomic E-state index is -0.455. The summed E-state index contributed by atoms with van der Waals surface area (Å²) >= 11 is 0. The van der Waals surface area contributed by atoms with E-state index in [0.717, 1.165) is 0 Å². The lowest BCUT2D eigenvalue weighted by atomic mass is 10.2. The van der Waals surface area contributed by atoms with Gasteiger partial charge in [0.15, 0.2) is 0 Å². The highest BCUT2D eigenvalue weighted by molar-refractivity contribution is 6.03. The first-order valence-corrected chi connectivity index (χ1v) is 5.38. The van der Waals surface area contributed by atoms with Crippen molar-refractivity contribution < 1.29 is 9.90 Å². The van der Waals surface area contributed by atoms with E-state index in [4.69, 9.17) is 5.73 Å². The van der Waals surface area contributed by atoms with Crippen LogP contribution in [0.15, 0.2) is 24.3 Å². The predicted octanol–water partition coefficient (Wildman–Crippen LogP) is 0.453. The molecule has 0 aliphatic carbocycles. The quantitative estimate of drug-likeness (QED) is 0.631. The van der Waals surface area contributed by atoms with Crippen LogP contribution in [0, 0.1) is 0 Å². The largest absolute Gasteiger partial charge is 0.508 e. The summed E-state index contributed by atoms with van der Waals surface area (Å²) in [6.07, 6.45) is 0. The Balaban J connectivity index is 2.21. The Hall–Kier alpha value is -2.90. The summed E-state index contributed by atoms with van der Waals surface area (Å²) < 4.78 is 0. The molecule has 0 atom stereocenters. The van der Waals surface area contributed by atoms with Crippen LogP contribution in [0.4, 0.5) is 17.8 Å². The highest BCUT2D eigenvalue weighted by Crippen LogP contribution is 2.13. The lowest BCUT2D eigenvalue weighted by molar-refractivity contribution is 0.102. The third kappa shape index (κ3) is 3.06. The number of rotatable bonds is 3. The Bertz CT molecular complexity index is 616. The topological polar surface area (TPSA) is 126 Å². The number of phenols is 1. The summed E-state index contributed by atoms with van der Waals surface area (Å²) in [6, 6.07) is 5.92. The molecular formula is C11H12N6O2. The van der Waals surface area contributed by atoms with Gasteiger partial charge in [0, 0.05) is 12.6 Å². The number of anilines is 3. The molecule has 1 heterocycles. The fraction of sp³-hybridized carbons (Fsp3) is 0.0909. The van der Waals surface area contributed by atoms with E-state index in [1.54, 1.807) is 19.2 Å². The third-order valence-corrected chi connectivity index (χ3v) is 2.21. The molecule has 2 rings (SSSR count). The monoisotopic (exact) mass is 260 g/mol. The molecule has 0 saturated carbocycles. The highest BCUT2D eigenvalue weighted by atomic mass is 16.3. The molecule has 1 aromatic heterocycles. The molecule has 5 N–H and O–H groups in total. The van der Waals surface area contributed by atoms with E-state index in [-0.39, 0.29) is 29.2 Å². The van der Waals surface area contributed by atoms with Crippen LogP contribution in [0.5, 0.6) is 5.75 Å². The number of carbonyl (C=O) groups is 1. The number of nitrogens with one attached hydrogen (secondary N) is 2. The predicted molar refractivity (Wildman–Crippen MR) is 69.8 cm³/mol. The molecule has 2 aromatic rings. The number of benzene rings is 1. The molecule has 8 heteroatoms. The van der Waals surface area contributed by atoms with Crippen LogP contribution >= 0.6 is 0 Å². The molecule has 0 radical (unpaired) electrons. The van der Waals surface area contributed by atoms with Crippen molar-refractivity contribution in [1.29, 1.82) is 0 Å². The van der Waals surface area contributed by atoms with Crippen molar-refractivity contribution in [3.05, 3.63) is 29.8 Å². The van der Waals surface area contributed by atoms with Gasteiger partial charge in [-0.3, -0.25) is 10.1 Å². The molecule has 0 spiro atoms. The second-order valence-electron chi connectivity index (χ2n) is 3.60. The van der Waals surface area contributed by atoms with Gasteiger partial charge < -0.3 is 16.2 Å². The Kier molecular flexibility index (Phi) is 3.42. The van der Waals surface area contributed by atoms with Gasteiger partial charge in [-0.05, 0) is 18.2 Å². The molecule has 8 nitrogen and oxygen atoms in total. The van der Waals surface area contributed by atoms with Gasteiger partial charge in [0.25, 0.3) is 5.91 Å². The molecule has 0 aliphatic rings. The van der Waals surface area contributed by atoms with Crippen LogP contribution in [-0.2, 0) is 0 Å². The molecule has 0 saturated heterocycles. The van der Waals surface area contributed by atoms with Gasteiger partial charge in [0.05, 0.1) is 0 Å². The van der Waals surface area contributed by atoms with E-state index in [0.29, 0.717) is 0 Å². The van der Waals surface area contributed by atoms with Gasteiger partial charge in [0.1, 0.15) is 5.75 Å². The Morgan fingerprint density at radius 2 is 2.00 bits per heavy atom. The van der Waals surface area contributed by atoms with Crippen molar-refractivity contribution in [1.82, 2.24) is 15.0 Å². The molecular weight excluding hydrogens is 248 g/mol. The van der Waals surface area contributed by atoms with Crippen molar-refractivity contribution in [2.75, 3.05) is 23.4 Å². The number of phenolic OH excluding ortho intramolecular Hbond substituents is 1. The van der Waals surface area contributed by atoms with Gasteiger partial charge in [-0.1, -0.05) is 6.07 Å². The lowest BCUT2D eigenvalue weighted by Crippen LogP contribution is -2.16. The van der Waals surface area contributed by atoms with Crippen LogP contribution in [0.1, 0.15) is 10.4 Å². The molecule has 0 fully saturated rings. The average molecular weight is 260 g/mol. The normalized spacial score (nSPS) is 9.95. The number of nitrogen functional groups attached to an aromatic ring is 1. The molecule has 1 amide bonds. The minimum Gasteiger partial charge on any atom is -0.508 e. The molecule has 0 bridgehead atoms. The van der Waals surface area contributed by atoms with Gasteiger partial charge >= 0.3 is 0 Å². The van der Waals surface area contributed by atoms with Gasteiger partial charge in [-0.2, -0.15) is 15.0 Å². The highest BCUT2D eigenvalue weighted by Gasteiger charge is 2.10. The average Bonchev–Trinajstić information content (AvgIpc) is 2.38. The number of hydrogen-bond acceptors (Lipinski definition) is 7. The van der Waals surface area contributed by atoms with Crippen LogP contribution in [0.25, 0.3) is 0 Å². The van der Waals surface area contributed by atoms with E-state index in [1.165, 1.54) is 12.1 Å². The third-order valence-electron chi connectivity index (χ3n) is 2.21. The number of amides is 1. The standard InChI is InChI=1S/C11H12N6O2/c1-13-10-15-9(12)16-11(17-10)14-8(19)6-3-2-4-7(18)5-6/h2-5,18H,1H3,(H4,12,13,14,15,16,17,19). The summed E-state index contributed by atoms with van der Waals surface area (Å²) in [6.45, 7) is 0. The second kappa shape index (κ2) is 5.17. The lowest BCUT2D eigenvalue weighted by Gasteiger charge is -2.06. The molecule has 0 aliphatic heterocycles. The number of nitrogens with two attached hydrogens (primary N) is 1. The smallest absolute Gasteiger partial charge is 0.258 e. The van der Waals surface area contributed by atoms with E-state index in [2.05, 4.69) is 25.6 Å². The Labute approximate surface area is 108 Å². The maximum Gasteiger partial charge on any atom is 0.258 e. The molecule has 1 aromatic carbocycles. The number of nitrogens with zero attached hydrogens (tertiary/aromatic N) is 3. The van der Waals surface area contributed by atoms with Crippen molar-refractivity contribution in [2.45, 2.75) is 0 Å². The summed E-state index contributed by atoms with van der Waals surface area (Å²) in [5.74, 6) is -0.184. The van der Waals surface area contributed by atoms with Crippen LogP contribution in [0.2, 0.25) is 0 Å². The van der Waals surface area contributed by atoms with Crippen molar-refractivity contribution in [3.8, 4) is 5.75 Å². The summed E-state index contributed by atoms with van der Waals surface area (Å²) in [5.41, 5.74) is 5.76. The Morgan fingerprint density at radius 1 is 1.26 bits per heavy atom. The summed E-state index contributed by atoms with van der Waals surface area (Å²) in [7, 11) is 1.62. The first kappa shape index (κ1) is 12.6. The molecule has 0 unspecified atom stereocenters. The first-order valence-electron chi connectivity index (χ1n) is 5.38. The van der Waals surface area contributed by atoms with Crippen LogP contribution < -0.4 is 16.4 Å². The van der Waals surface area contributed by atoms with E-state index in [1.807, 2.05) is 0 Å². The zero-order valence-electron chi connectivity index (χ0n) is 10.1.